The standard InChI is InChI=1S/C14H19NO4/c1-8-4-12(9(2)19-8)14(3,18)7-15-13(17)10-5-11(16)6-10/h4,10,18H,5-7H2,1-3H3,(H,15,17). The van der Waals surface area contributed by atoms with Crippen molar-refractivity contribution in [3.05, 3.63) is 23.2 Å². The van der Waals surface area contributed by atoms with Gasteiger partial charge >= 0.3 is 0 Å². The van der Waals surface area contributed by atoms with Crippen molar-refractivity contribution in [1.82, 2.24) is 5.32 Å². The molecule has 1 amide bonds. The van der Waals surface area contributed by atoms with Gasteiger partial charge < -0.3 is 14.8 Å². The van der Waals surface area contributed by atoms with Crippen molar-refractivity contribution in [2.45, 2.75) is 39.2 Å². The normalized spacial score (nSPS) is 18.8. The summed E-state index contributed by atoms with van der Waals surface area (Å²) < 4.78 is 5.38. The van der Waals surface area contributed by atoms with E-state index in [9.17, 15) is 14.7 Å². The number of hydrogen-bond acceptors (Lipinski definition) is 4. The van der Waals surface area contributed by atoms with Gasteiger partial charge in [-0.25, -0.2) is 0 Å². The molecule has 2 N–H and O–H groups in total. The van der Waals surface area contributed by atoms with Crippen molar-refractivity contribution in [2.75, 3.05) is 6.54 Å². The number of hydrogen-bond donors (Lipinski definition) is 2. The average molecular weight is 265 g/mol. The maximum absolute atomic E-state index is 11.7. The second kappa shape index (κ2) is 4.81. The first-order chi connectivity index (χ1) is 8.79. The van der Waals surface area contributed by atoms with Gasteiger partial charge in [-0.15, -0.1) is 0 Å². The molecule has 1 aromatic rings. The van der Waals surface area contributed by atoms with Crippen LogP contribution in [0.5, 0.6) is 0 Å². The number of nitrogens with one attached hydrogen (secondary N) is 1. The molecule has 1 saturated carbocycles. The van der Waals surface area contributed by atoms with E-state index in [1.165, 1.54) is 0 Å². The molecule has 1 fully saturated rings. The molecule has 1 aliphatic carbocycles. The molecule has 1 atom stereocenters. The van der Waals surface area contributed by atoms with Crippen LogP contribution in [0.25, 0.3) is 0 Å². The van der Waals surface area contributed by atoms with Gasteiger partial charge in [0.15, 0.2) is 0 Å². The van der Waals surface area contributed by atoms with E-state index in [1.807, 2.05) is 6.92 Å². The zero-order valence-corrected chi connectivity index (χ0v) is 11.4. The van der Waals surface area contributed by atoms with Gasteiger partial charge in [0.2, 0.25) is 5.91 Å². The molecule has 0 aliphatic heterocycles. The SMILES string of the molecule is Cc1cc(C(C)(O)CNC(=O)C2CC(=O)C2)c(C)o1. The van der Waals surface area contributed by atoms with Crippen LogP contribution in [-0.2, 0) is 15.2 Å². The van der Waals surface area contributed by atoms with Crippen LogP contribution in [0.2, 0.25) is 0 Å². The van der Waals surface area contributed by atoms with Crippen molar-refractivity contribution < 1.29 is 19.1 Å². The van der Waals surface area contributed by atoms with Crippen LogP contribution >= 0.6 is 0 Å². The van der Waals surface area contributed by atoms with E-state index < -0.39 is 5.60 Å². The lowest BCUT2D eigenvalue weighted by Crippen LogP contribution is -2.44. The largest absolute Gasteiger partial charge is 0.466 e. The van der Waals surface area contributed by atoms with Gasteiger partial charge in [-0.1, -0.05) is 0 Å². The molecule has 1 unspecified atom stereocenters. The summed E-state index contributed by atoms with van der Waals surface area (Å²) in [5.41, 5.74) is -0.499. The lowest BCUT2D eigenvalue weighted by atomic mass is 9.83. The van der Waals surface area contributed by atoms with E-state index >= 15 is 0 Å². The number of Topliss-reactive ketones (excluding diaryl/α,β-unsaturated/α-hetero) is 1. The highest BCUT2D eigenvalue weighted by Gasteiger charge is 2.34. The minimum Gasteiger partial charge on any atom is -0.466 e. The maximum atomic E-state index is 11.7. The summed E-state index contributed by atoms with van der Waals surface area (Å²) >= 11 is 0. The summed E-state index contributed by atoms with van der Waals surface area (Å²) in [4.78, 5) is 22.6. The molecule has 0 spiro atoms. The molecule has 1 heterocycles. The highest BCUT2D eigenvalue weighted by molar-refractivity contribution is 5.96. The van der Waals surface area contributed by atoms with Crippen LogP contribution in [0.1, 0.15) is 36.8 Å². The van der Waals surface area contributed by atoms with Gasteiger partial charge in [-0.2, -0.15) is 0 Å². The number of ketones is 1. The summed E-state index contributed by atoms with van der Waals surface area (Å²) in [5, 5.41) is 13.1. The first-order valence-electron chi connectivity index (χ1n) is 6.39. The monoisotopic (exact) mass is 265 g/mol. The Bertz CT molecular complexity index is 508. The molecule has 5 heteroatoms. The lowest BCUT2D eigenvalue weighted by Gasteiger charge is -2.27. The smallest absolute Gasteiger partial charge is 0.224 e. The molecule has 1 aromatic heterocycles. The van der Waals surface area contributed by atoms with Crippen LogP contribution in [0.4, 0.5) is 0 Å². The van der Waals surface area contributed by atoms with E-state index in [4.69, 9.17) is 4.42 Å². The first-order valence-corrected chi connectivity index (χ1v) is 6.39. The second-order valence-corrected chi connectivity index (χ2v) is 5.46. The third kappa shape index (κ3) is 2.87. The van der Waals surface area contributed by atoms with E-state index in [2.05, 4.69) is 5.32 Å². The van der Waals surface area contributed by atoms with Crippen molar-refractivity contribution in [3.8, 4) is 0 Å². The third-order valence-corrected chi connectivity index (χ3v) is 3.55. The predicted molar refractivity (Wildman–Crippen MR) is 68.5 cm³/mol. The minimum atomic E-state index is -1.18. The van der Waals surface area contributed by atoms with Crippen LogP contribution in [-0.4, -0.2) is 23.3 Å². The number of aliphatic hydroxyl groups is 1. The quantitative estimate of drug-likeness (QED) is 0.857. The summed E-state index contributed by atoms with van der Waals surface area (Å²) in [7, 11) is 0. The first kappa shape index (κ1) is 13.8. The van der Waals surface area contributed by atoms with E-state index in [0.29, 0.717) is 24.2 Å². The summed E-state index contributed by atoms with van der Waals surface area (Å²) in [6.45, 7) is 5.33. The molecule has 0 radical (unpaired) electrons. The fourth-order valence-corrected chi connectivity index (χ4v) is 2.34. The Morgan fingerprint density at radius 1 is 1.53 bits per heavy atom. The number of amides is 1. The number of aryl methyl sites for hydroxylation is 2. The average Bonchev–Trinajstić information content (AvgIpc) is 2.62. The minimum absolute atomic E-state index is 0.107. The molecular weight excluding hydrogens is 246 g/mol. The molecule has 5 nitrogen and oxygen atoms in total. The van der Waals surface area contributed by atoms with E-state index in [0.717, 1.165) is 5.76 Å². The van der Waals surface area contributed by atoms with E-state index in [1.54, 1.807) is 19.9 Å². The van der Waals surface area contributed by atoms with Crippen molar-refractivity contribution >= 4 is 11.7 Å². The topological polar surface area (TPSA) is 79.5 Å². The molecule has 19 heavy (non-hydrogen) atoms. The fourth-order valence-electron chi connectivity index (χ4n) is 2.34. The molecule has 0 bridgehead atoms. The summed E-state index contributed by atoms with van der Waals surface area (Å²) in [5.74, 6) is 1.10. The van der Waals surface area contributed by atoms with Crippen LogP contribution in [0.15, 0.2) is 10.5 Å². The molecular formula is C14H19NO4. The zero-order valence-electron chi connectivity index (χ0n) is 11.4. The molecule has 0 saturated heterocycles. The predicted octanol–water partition coefficient (Wildman–Crippen LogP) is 1.20. The molecule has 2 rings (SSSR count). The van der Waals surface area contributed by atoms with Crippen molar-refractivity contribution in [3.63, 3.8) is 0 Å². The van der Waals surface area contributed by atoms with Crippen molar-refractivity contribution in [1.29, 1.82) is 0 Å². The number of carbonyl (C=O) groups is 2. The zero-order chi connectivity index (χ0) is 14.2. The van der Waals surface area contributed by atoms with Crippen LogP contribution in [0, 0.1) is 19.8 Å². The van der Waals surface area contributed by atoms with Gasteiger partial charge in [0.05, 0.1) is 12.5 Å². The highest BCUT2D eigenvalue weighted by Crippen LogP contribution is 2.27. The Kier molecular flexibility index (Phi) is 3.49. The third-order valence-electron chi connectivity index (χ3n) is 3.55. The maximum Gasteiger partial charge on any atom is 0.224 e. The van der Waals surface area contributed by atoms with Gasteiger partial charge in [0.25, 0.3) is 0 Å². The second-order valence-electron chi connectivity index (χ2n) is 5.46. The van der Waals surface area contributed by atoms with Crippen LogP contribution in [0.3, 0.4) is 0 Å². The van der Waals surface area contributed by atoms with Gasteiger partial charge in [0.1, 0.15) is 22.9 Å². The number of furan rings is 1. The highest BCUT2D eigenvalue weighted by atomic mass is 16.3. The van der Waals surface area contributed by atoms with Gasteiger partial charge in [-0.3, -0.25) is 9.59 Å². The lowest BCUT2D eigenvalue weighted by molar-refractivity contribution is -0.138. The van der Waals surface area contributed by atoms with Crippen molar-refractivity contribution in [2.24, 2.45) is 5.92 Å². The number of rotatable bonds is 4. The van der Waals surface area contributed by atoms with E-state index in [-0.39, 0.29) is 24.2 Å². The molecule has 1 aliphatic rings. The molecule has 104 valence electrons. The Morgan fingerprint density at radius 2 is 2.16 bits per heavy atom. The van der Waals surface area contributed by atoms with Crippen LogP contribution < -0.4 is 5.32 Å². The number of carbonyl (C=O) groups excluding carboxylic acids is 2. The fraction of sp³-hybridized carbons (Fsp3) is 0.571. The summed E-state index contributed by atoms with van der Waals surface area (Å²) in [6, 6.07) is 1.77. The Balaban J connectivity index is 1.96. The Morgan fingerprint density at radius 3 is 2.63 bits per heavy atom. The van der Waals surface area contributed by atoms with Gasteiger partial charge in [0, 0.05) is 18.4 Å². The Hall–Kier alpha value is -1.62. The van der Waals surface area contributed by atoms with Gasteiger partial charge in [-0.05, 0) is 26.8 Å². The Labute approximate surface area is 112 Å². The molecule has 0 aromatic carbocycles. The summed E-state index contributed by atoms with van der Waals surface area (Å²) in [6.07, 6.45) is 0.635.